The van der Waals surface area contributed by atoms with Crippen molar-refractivity contribution in [3.8, 4) is 22.8 Å². The molecule has 0 aliphatic carbocycles. The fraction of sp³-hybridized carbons (Fsp3) is 0.550. The number of methoxy groups -OCH3 is 2. The van der Waals surface area contributed by atoms with Crippen LogP contribution in [-0.4, -0.2) is 55.6 Å². The quantitative estimate of drug-likeness (QED) is 0.891. The molecule has 2 fully saturated rings. The molecule has 26 heavy (non-hydrogen) atoms. The lowest BCUT2D eigenvalue weighted by molar-refractivity contribution is 0.0646. The zero-order valence-corrected chi connectivity index (χ0v) is 15.6. The molecule has 1 aromatic carbocycles. The Kier molecular flexibility index (Phi) is 4.87. The summed E-state index contributed by atoms with van der Waals surface area (Å²) in [6.45, 7) is 4.98. The van der Waals surface area contributed by atoms with Crippen LogP contribution in [0.25, 0.3) is 11.3 Å². The highest BCUT2D eigenvalue weighted by atomic mass is 16.5. The number of nitrogens with zero attached hydrogens (tertiary/aromatic N) is 2. The van der Waals surface area contributed by atoms with Gasteiger partial charge in [-0.1, -0.05) is 0 Å². The molecule has 0 radical (unpaired) electrons. The maximum Gasteiger partial charge on any atom is 0.161 e. The zero-order valence-electron chi connectivity index (χ0n) is 15.6. The molecular weight excluding hydrogens is 330 g/mol. The molecule has 2 aliphatic heterocycles. The first-order valence-electron chi connectivity index (χ1n) is 9.28. The molecule has 3 heterocycles. The minimum atomic E-state index is 0.367. The zero-order chi connectivity index (χ0) is 18.0. The minimum absolute atomic E-state index is 0.367. The van der Waals surface area contributed by atoms with Gasteiger partial charge in [0.2, 0.25) is 0 Å². The second kappa shape index (κ2) is 7.29. The van der Waals surface area contributed by atoms with Crippen LogP contribution in [-0.2, 0) is 11.3 Å². The van der Waals surface area contributed by atoms with Crippen molar-refractivity contribution in [2.24, 2.45) is 5.41 Å². The average Bonchev–Trinajstić information content (AvgIpc) is 3.31. The van der Waals surface area contributed by atoms with Gasteiger partial charge in [0.25, 0.3) is 0 Å². The summed E-state index contributed by atoms with van der Waals surface area (Å²) < 4.78 is 16.5. The Bertz CT molecular complexity index is 753. The van der Waals surface area contributed by atoms with Gasteiger partial charge >= 0.3 is 0 Å². The predicted molar refractivity (Wildman–Crippen MR) is 99.5 cm³/mol. The molecule has 2 saturated heterocycles. The normalized spacial score (nSPS) is 23.5. The Morgan fingerprint density at radius 1 is 1.23 bits per heavy atom. The van der Waals surface area contributed by atoms with Gasteiger partial charge in [-0.3, -0.25) is 10.00 Å². The number of aromatic amines is 1. The molecule has 0 amide bonds. The van der Waals surface area contributed by atoms with Crippen LogP contribution in [0.3, 0.4) is 0 Å². The van der Waals surface area contributed by atoms with Crippen LogP contribution in [0.1, 0.15) is 24.8 Å². The van der Waals surface area contributed by atoms with Crippen molar-refractivity contribution < 1.29 is 14.2 Å². The Morgan fingerprint density at radius 3 is 2.88 bits per heavy atom. The van der Waals surface area contributed by atoms with E-state index in [4.69, 9.17) is 14.2 Å². The van der Waals surface area contributed by atoms with Crippen molar-refractivity contribution in [1.82, 2.24) is 15.1 Å². The lowest BCUT2D eigenvalue weighted by Gasteiger charge is -2.39. The summed E-state index contributed by atoms with van der Waals surface area (Å²) >= 11 is 0. The number of H-pyrrole nitrogens is 1. The van der Waals surface area contributed by atoms with Gasteiger partial charge in [0.05, 0.1) is 32.7 Å². The molecular formula is C20H27N3O3. The SMILES string of the molecule is COc1ccc(-c2[nH]ncc2CN2CCC[C@]3(CCOC3)C2)cc1OC. The molecule has 0 saturated carbocycles. The molecule has 6 heteroatoms. The smallest absolute Gasteiger partial charge is 0.161 e. The van der Waals surface area contributed by atoms with Crippen LogP contribution in [0, 0.1) is 5.41 Å². The summed E-state index contributed by atoms with van der Waals surface area (Å²) in [5.41, 5.74) is 3.69. The van der Waals surface area contributed by atoms with Gasteiger partial charge < -0.3 is 14.2 Å². The van der Waals surface area contributed by atoms with Gasteiger partial charge in [-0.2, -0.15) is 5.10 Å². The molecule has 1 N–H and O–H groups in total. The number of ether oxygens (including phenoxy) is 3. The van der Waals surface area contributed by atoms with Crippen LogP contribution in [0.5, 0.6) is 11.5 Å². The number of aromatic nitrogens is 2. The first-order valence-corrected chi connectivity index (χ1v) is 9.28. The topological polar surface area (TPSA) is 59.6 Å². The van der Waals surface area contributed by atoms with E-state index < -0.39 is 0 Å². The van der Waals surface area contributed by atoms with Crippen molar-refractivity contribution in [1.29, 1.82) is 0 Å². The number of nitrogens with one attached hydrogen (secondary N) is 1. The number of hydrogen-bond donors (Lipinski definition) is 1. The van der Waals surface area contributed by atoms with Gasteiger partial charge in [0, 0.05) is 36.2 Å². The molecule has 0 unspecified atom stereocenters. The fourth-order valence-electron chi connectivity index (χ4n) is 4.33. The second-order valence-electron chi connectivity index (χ2n) is 7.46. The summed E-state index contributed by atoms with van der Waals surface area (Å²) in [6.07, 6.45) is 5.67. The Hall–Kier alpha value is -2.05. The Morgan fingerprint density at radius 2 is 2.12 bits per heavy atom. The molecule has 1 atom stereocenters. The van der Waals surface area contributed by atoms with Crippen molar-refractivity contribution in [2.45, 2.75) is 25.8 Å². The average molecular weight is 357 g/mol. The molecule has 2 aromatic rings. The highest BCUT2D eigenvalue weighted by Gasteiger charge is 2.38. The third-order valence-corrected chi connectivity index (χ3v) is 5.71. The van der Waals surface area contributed by atoms with E-state index in [0.717, 1.165) is 55.6 Å². The lowest BCUT2D eigenvalue weighted by atomic mass is 9.79. The largest absolute Gasteiger partial charge is 0.493 e. The number of likely N-dealkylation sites (tertiary alicyclic amines) is 1. The number of rotatable bonds is 5. The summed E-state index contributed by atoms with van der Waals surface area (Å²) in [7, 11) is 3.31. The summed E-state index contributed by atoms with van der Waals surface area (Å²) in [4.78, 5) is 2.55. The van der Waals surface area contributed by atoms with Gasteiger partial charge in [0.15, 0.2) is 11.5 Å². The predicted octanol–water partition coefficient (Wildman–Crippen LogP) is 3.10. The summed E-state index contributed by atoms with van der Waals surface area (Å²) in [5, 5.41) is 7.47. The van der Waals surface area contributed by atoms with E-state index in [1.807, 2.05) is 24.4 Å². The monoisotopic (exact) mass is 357 g/mol. The molecule has 140 valence electrons. The fourth-order valence-corrected chi connectivity index (χ4v) is 4.33. The molecule has 1 aromatic heterocycles. The number of benzene rings is 1. The number of piperidine rings is 1. The van der Waals surface area contributed by atoms with Crippen molar-refractivity contribution in [3.05, 3.63) is 30.0 Å². The molecule has 2 aliphatic rings. The van der Waals surface area contributed by atoms with Crippen LogP contribution in [0.4, 0.5) is 0 Å². The van der Waals surface area contributed by atoms with Crippen LogP contribution >= 0.6 is 0 Å². The summed E-state index contributed by atoms with van der Waals surface area (Å²) in [5.74, 6) is 1.46. The van der Waals surface area contributed by atoms with Crippen molar-refractivity contribution in [3.63, 3.8) is 0 Å². The highest BCUT2D eigenvalue weighted by molar-refractivity contribution is 5.66. The van der Waals surface area contributed by atoms with Gasteiger partial charge in [-0.25, -0.2) is 0 Å². The molecule has 0 bridgehead atoms. The van der Waals surface area contributed by atoms with Gasteiger partial charge in [-0.05, 0) is 44.0 Å². The van der Waals surface area contributed by atoms with E-state index in [1.54, 1.807) is 14.2 Å². The minimum Gasteiger partial charge on any atom is -0.493 e. The maximum atomic E-state index is 5.69. The van der Waals surface area contributed by atoms with E-state index in [2.05, 4.69) is 15.1 Å². The van der Waals surface area contributed by atoms with E-state index in [9.17, 15) is 0 Å². The lowest BCUT2D eigenvalue weighted by Crippen LogP contribution is -2.43. The molecule has 4 rings (SSSR count). The third kappa shape index (κ3) is 3.31. The maximum absolute atomic E-state index is 5.69. The standard InChI is InChI=1S/C20H27N3O3/c1-24-17-5-4-15(10-18(17)25-2)19-16(11-21-22-19)12-23-8-3-6-20(13-23)7-9-26-14-20/h4-5,10-11H,3,6-9,12-14H2,1-2H3,(H,21,22)/t20-/m0/s1. The molecule has 6 nitrogen and oxygen atoms in total. The van der Waals surface area contributed by atoms with Gasteiger partial charge in [0.1, 0.15) is 0 Å². The van der Waals surface area contributed by atoms with Crippen molar-refractivity contribution >= 4 is 0 Å². The van der Waals surface area contributed by atoms with E-state index >= 15 is 0 Å². The molecule has 1 spiro atoms. The second-order valence-corrected chi connectivity index (χ2v) is 7.46. The Labute approximate surface area is 154 Å². The Balaban J connectivity index is 1.54. The van der Waals surface area contributed by atoms with Crippen LogP contribution in [0.15, 0.2) is 24.4 Å². The highest BCUT2D eigenvalue weighted by Crippen LogP contribution is 2.39. The van der Waals surface area contributed by atoms with Crippen LogP contribution in [0.2, 0.25) is 0 Å². The number of hydrogen-bond acceptors (Lipinski definition) is 5. The first kappa shape index (κ1) is 17.4. The van der Waals surface area contributed by atoms with E-state index in [1.165, 1.54) is 24.8 Å². The van der Waals surface area contributed by atoms with Crippen LogP contribution < -0.4 is 9.47 Å². The van der Waals surface area contributed by atoms with E-state index in [-0.39, 0.29) is 0 Å². The van der Waals surface area contributed by atoms with Crippen molar-refractivity contribution in [2.75, 3.05) is 40.5 Å². The van der Waals surface area contributed by atoms with Gasteiger partial charge in [-0.15, -0.1) is 0 Å². The van der Waals surface area contributed by atoms with E-state index in [0.29, 0.717) is 5.41 Å². The first-order chi connectivity index (χ1) is 12.7. The third-order valence-electron chi connectivity index (χ3n) is 5.71. The summed E-state index contributed by atoms with van der Waals surface area (Å²) in [6, 6.07) is 5.98.